The number of nitrogens with two attached hydrogens (primary N) is 1. The number of aliphatic carboxylic acids is 1. The molecule has 31 atom stereocenters. The van der Waals surface area contributed by atoms with Gasteiger partial charge in [-0.15, -0.1) is 0 Å². The molecule has 33 heteroatoms. The highest BCUT2D eigenvalue weighted by atomic mass is 16.8. The van der Waals surface area contributed by atoms with Gasteiger partial charge in [0.2, 0.25) is 0 Å². The lowest BCUT2D eigenvalue weighted by molar-refractivity contribution is -0.395. The van der Waals surface area contributed by atoms with Gasteiger partial charge < -0.3 is 160 Å². The van der Waals surface area contributed by atoms with E-state index in [1.165, 1.54) is 6.92 Å². The predicted molar refractivity (Wildman–Crippen MR) is 221 cm³/mol. The van der Waals surface area contributed by atoms with E-state index in [2.05, 4.69) is 0 Å². The van der Waals surface area contributed by atoms with E-state index < -0.39 is 242 Å². The molecule has 0 amide bonds. The molecule has 12 unspecified atom stereocenters. The van der Waals surface area contributed by atoms with Gasteiger partial charge in [0.1, 0.15) is 128 Å². The van der Waals surface area contributed by atoms with E-state index in [-0.39, 0.29) is 0 Å². The first kappa shape index (κ1) is 60.5. The zero-order valence-electron chi connectivity index (χ0n) is 38.7. The monoisotopic (exact) mass is 1080 g/mol. The minimum atomic E-state index is -3.08. The molecule has 33 nitrogen and oxygen atoms in total. The maximum Gasteiger partial charge on any atom is 0.364 e. The first-order valence-electron chi connectivity index (χ1n) is 23.2. The summed E-state index contributed by atoms with van der Waals surface area (Å²) in [6.07, 6.45) is -54.9. The van der Waals surface area contributed by atoms with E-state index in [1.807, 2.05) is 0 Å². The Morgan fingerprint density at radius 2 is 0.945 bits per heavy atom. The van der Waals surface area contributed by atoms with E-state index >= 15 is 0 Å². The van der Waals surface area contributed by atoms with Crippen molar-refractivity contribution in [1.29, 1.82) is 0 Å². The topological polar surface area (TPSA) is 549 Å². The summed E-state index contributed by atoms with van der Waals surface area (Å²) in [5.74, 6) is -6.42. The van der Waals surface area contributed by atoms with Gasteiger partial charge in [-0.1, -0.05) is 6.92 Å². The number of hydrogen-bond acceptors (Lipinski definition) is 32. The van der Waals surface area contributed by atoms with Gasteiger partial charge in [-0.3, -0.25) is 0 Å². The second kappa shape index (κ2) is 25.4. The average Bonchev–Trinajstić information content (AvgIpc) is 3.37. The third-order valence-corrected chi connectivity index (χ3v) is 13.8. The molecule has 0 spiro atoms. The SMILES string of the molecule is C[C@H]1C(O[C@@H]2OC(CO)[C@H](O)C(O[C@]3(C(=O)O)C[C@@H](O)[C@@H](N)C([C@H](O)[C@H](O)CO)O3)[C@@H]2O)[C@@H](O)C(CO)O[C@H]1O[C@@H]1C(O)[C@@H](O[C@H]2C(CO)O[C@@H](O[C@@H]3C(CO)O[C@@H](O)C(O)C3O)[C@@H](O)C2O)OC(CO)[C@@H]1O. The first-order chi connectivity index (χ1) is 34.4. The molecule has 6 aliphatic heterocycles. The zero-order valence-corrected chi connectivity index (χ0v) is 38.7. The number of hydrogen-bond donors (Lipinski definition) is 21. The van der Waals surface area contributed by atoms with Crippen LogP contribution in [0.1, 0.15) is 13.3 Å². The summed E-state index contributed by atoms with van der Waals surface area (Å²) >= 11 is 0. The van der Waals surface area contributed by atoms with Crippen molar-refractivity contribution >= 4 is 5.97 Å². The number of aliphatic hydroxyl groups is 19. The van der Waals surface area contributed by atoms with Crippen molar-refractivity contribution in [2.75, 3.05) is 39.6 Å². The van der Waals surface area contributed by atoms with E-state index in [0.717, 1.165) is 0 Å². The first-order valence-corrected chi connectivity index (χ1v) is 23.2. The largest absolute Gasteiger partial charge is 0.477 e. The molecule has 426 valence electrons. The number of carboxylic acids is 1. The van der Waals surface area contributed by atoms with Crippen LogP contribution in [0.25, 0.3) is 0 Å². The lowest BCUT2D eigenvalue weighted by Gasteiger charge is -2.51. The molecule has 6 aliphatic rings. The minimum Gasteiger partial charge on any atom is -0.477 e. The van der Waals surface area contributed by atoms with Gasteiger partial charge in [-0.2, -0.15) is 0 Å². The fourth-order valence-corrected chi connectivity index (χ4v) is 9.47. The summed E-state index contributed by atoms with van der Waals surface area (Å²) in [4.78, 5) is 12.8. The van der Waals surface area contributed by atoms with Gasteiger partial charge in [-0.05, 0) is 0 Å². The van der Waals surface area contributed by atoms with E-state index in [4.69, 9.17) is 57.8 Å². The summed E-state index contributed by atoms with van der Waals surface area (Å²) in [5.41, 5.74) is 5.93. The summed E-state index contributed by atoms with van der Waals surface area (Å²) in [6.45, 7) is -4.69. The van der Waals surface area contributed by atoms with Crippen LogP contribution in [0.2, 0.25) is 0 Å². The number of rotatable bonds is 19. The molecule has 0 radical (unpaired) electrons. The van der Waals surface area contributed by atoms with Crippen LogP contribution >= 0.6 is 0 Å². The quantitative estimate of drug-likeness (QED) is 0.0571. The van der Waals surface area contributed by atoms with Crippen LogP contribution in [-0.4, -0.2) is 331 Å². The Bertz CT molecular complexity index is 1730. The van der Waals surface area contributed by atoms with Gasteiger partial charge in [0.05, 0.1) is 57.9 Å². The second-order valence-electron chi connectivity index (χ2n) is 18.6. The highest BCUT2D eigenvalue weighted by molar-refractivity contribution is 5.76. The fourth-order valence-electron chi connectivity index (χ4n) is 9.47. The number of carbonyl (C=O) groups is 1. The fraction of sp³-hybridized carbons (Fsp3) is 0.975. The third kappa shape index (κ3) is 12.3. The summed E-state index contributed by atoms with van der Waals surface area (Å²) in [5, 5.41) is 212. The smallest absolute Gasteiger partial charge is 0.364 e. The van der Waals surface area contributed by atoms with Crippen LogP contribution in [0.3, 0.4) is 0 Å². The second-order valence-corrected chi connectivity index (χ2v) is 18.6. The van der Waals surface area contributed by atoms with Gasteiger partial charge in [-0.25, -0.2) is 4.79 Å². The molecular formula is C40H69NO32. The van der Waals surface area contributed by atoms with Crippen LogP contribution in [0, 0.1) is 5.92 Å². The highest BCUT2D eigenvalue weighted by Crippen LogP contribution is 2.40. The summed E-state index contributed by atoms with van der Waals surface area (Å²) < 4.78 is 62.0. The molecule has 6 saturated heterocycles. The molecule has 6 heterocycles. The molecule has 6 fully saturated rings. The molecule has 0 saturated carbocycles. The zero-order chi connectivity index (χ0) is 54.1. The molecule has 73 heavy (non-hydrogen) atoms. The van der Waals surface area contributed by atoms with Crippen LogP contribution in [-0.2, 0) is 56.9 Å². The van der Waals surface area contributed by atoms with Crippen LogP contribution < -0.4 is 5.73 Å². The number of ether oxygens (including phenoxy) is 11. The van der Waals surface area contributed by atoms with E-state index in [0.29, 0.717) is 0 Å². The third-order valence-electron chi connectivity index (χ3n) is 13.8. The predicted octanol–water partition coefficient (Wildman–Crippen LogP) is -13.7. The van der Waals surface area contributed by atoms with Gasteiger partial charge in [0, 0.05) is 12.3 Å². The minimum absolute atomic E-state index is 0.875. The molecule has 0 aliphatic carbocycles. The molecule has 0 aromatic heterocycles. The van der Waals surface area contributed by atoms with Crippen LogP contribution in [0.15, 0.2) is 0 Å². The van der Waals surface area contributed by atoms with Crippen molar-refractivity contribution in [3.05, 3.63) is 0 Å². The van der Waals surface area contributed by atoms with E-state index in [9.17, 15) is 107 Å². The Hall–Kier alpha value is -1.77. The Balaban J connectivity index is 1.19. The number of aliphatic hydroxyl groups excluding tert-OH is 19. The van der Waals surface area contributed by atoms with Crippen molar-refractivity contribution in [3.8, 4) is 0 Å². The van der Waals surface area contributed by atoms with Gasteiger partial charge in [0.25, 0.3) is 5.79 Å². The maximum atomic E-state index is 12.8. The van der Waals surface area contributed by atoms with Crippen molar-refractivity contribution in [3.63, 3.8) is 0 Å². The standard InChI is InChI=1S/C40H69NO32/c1-9-28(68-38-27(59)33(21(53)14(6-45)66-38)73-40(39(61)62)2-10(48)17(41)31(72-40)18(50)11(49)3-42)19(51)12(4-43)64-35(9)71-32-20(52)13(5-44)65-37(26(32)58)70-30-16(8-47)67-36(25(57)23(30)55)69-29-15(7-46)63-34(60)24(56)22(29)54/h9-38,42-60H,2-8,41H2,1H3,(H,61,62)/t9-,10+,11+,12?,13?,14?,15?,16?,17+,18+,19-,20-,21-,22?,23?,24?,25-,26?,27-,28?,29+,30-,31?,32-,33?,34+,35-,36-,37+,38-,40-/m0/s1. The van der Waals surface area contributed by atoms with Crippen molar-refractivity contribution in [2.24, 2.45) is 11.7 Å². The molecule has 22 N–H and O–H groups in total. The van der Waals surface area contributed by atoms with Crippen molar-refractivity contribution in [1.82, 2.24) is 0 Å². The van der Waals surface area contributed by atoms with E-state index in [1.54, 1.807) is 0 Å². The van der Waals surface area contributed by atoms with Gasteiger partial charge >= 0.3 is 5.97 Å². The molecule has 0 aromatic rings. The Labute approximate surface area is 413 Å². The summed E-state index contributed by atoms with van der Waals surface area (Å²) in [7, 11) is 0. The normalized spacial score (nSPS) is 50.8. The lowest BCUT2D eigenvalue weighted by Crippen LogP contribution is -2.70. The Morgan fingerprint density at radius 1 is 0.534 bits per heavy atom. The lowest BCUT2D eigenvalue weighted by atomic mass is 9.88. The van der Waals surface area contributed by atoms with Crippen LogP contribution in [0.5, 0.6) is 0 Å². The molecule has 0 aromatic carbocycles. The summed E-state index contributed by atoms with van der Waals surface area (Å²) in [6, 6.07) is -1.58. The Kier molecular flexibility index (Phi) is 21.0. The Morgan fingerprint density at radius 3 is 1.45 bits per heavy atom. The molecule has 6 rings (SSSR count). The maximum absolute atomic E-state index is 12.8. The average molecular weight is 1080 g/mol. The van der Waals surface area contributed by atoms with Crippen LogP contribution in [0.4, 0.5) is 0 Å². The highest BCUT2D eigenvalue weighted by Gasteiger charge is 2.60. The van der Waals surface area contributed by atoms with Gasteiger partial charge in [0.15, 0.2) is 31.5 Å². The van der Waals surface area contributed by atoms with Crippen molar-refractivity contribution < 1.29 is 159 Å². The van der Waals surface area contributed by atoms with Crippen molar-refractivity contribution in [2.45, 2.75) is 197 Å². The number of carboxylic acid groups (broad SMARTS) is 1. The molecule has 0 bridgehead atoms. The molecular weight excluding hydrogens is 1010 g/mol.